The Morgan fingerprint density at radius 2 is 2.05 bits per heavy atom. The molecule has 2 aromatic rings. The molecule has 1 aromatic carbocycles. The Morgan fingerprint density at radius 1 is 1.27 bits per heavy atom. The van der Waals surface area contributed by atoms with Gasteiger partial charge in [0.15, 0.2) is 5.76 Å². The van der Waals surface area contributed by atoms with E-state index in [4.69, 9.17) is 14.0 Å². The second kappa shape index (κ2) is 6.73. The normalized spacial score (nSPS) is 11.3. The minimum absolute atomic E-state index is 0.0113. The third-order valence-electron chi connectivity index (χ3n) is 3.31. The standard InChI is InChI=1S/C17H24N2O3/c1-6-21-15-10-12(22-19-15)11-18-14-9-7-8-13(16(14)20-5)17(2,3)4/h7-10,18H,6,11H2,1-5H3. The van der Waals surface area contributed by atoms with Gasteiger partial charge in [-0.3, -0.25) is 0 Å². The molecule has 0 saturated carbocycles. The van der Waals surface area contributed by atoms with Crippen LogP contribution in [0.3, 0.4) is 0 Å². The zero-order valence-electron chi connectivity index (χ0n) is 13.9. The molecule has 5 nitrogen and oxygen atoms in total. The smallest absolute Gasteiger partial charge is 0.254 e. The number of anilines is 1. The van der Waals surface area contributed by atoms with Crippen LogP contribution in [-0.4, -0.2) is 18.9 Å². The molecule has 0 spiro atoms. The van der Waals surface area contributed by atoms with E-state index < -0.39 is 0 Å². The van der Waals surface area contributed by atoms with Gasteiger partial charge in [-0.2, -0.15) is 0 Å². The summed E-state index contributed by atoms with van der Waals surface area (Å²) in [4.78, 5) is 0. The topological polar surface area (TPSA) is 56.5 Å². The third-order valence-corrected chi connectivity index (χ3v) is 3.31. The van der Waals surface area contributed by atoms with E-state index in [9.17, 15) is 0 Å². The van der Waals surface area contributed by atoms with Crippen LogP contribution < -0.4 is 14.8 Å². The van der Waals surface area contributed by atoms with Crippen LogP contribution in [0.4, 0.5) is 5.69 Å². The predicted molar refractivity (Wildman–Crippen MR) is 86.7 cm³/mol. The average Bonchev–Trinajstić information content (AvgIpc) is 2.91. The maximum atomic E-state index is 5.60. The fourth-order valence-electron chi connectivity index (χ4n) is 2.26. The molecule has 0 aliphatic rings. The van der Waals surface area contributed by atoms with E-state index in [1.54, 1.807) is 13.2 Å². The number of hydrogen-bond donors (Lipinski definition) is 1. The van der Waals surface area contributed by atoms with Gasteiger partial charge >= 0.3 is 0 Å². The molecule has 0 amide bonds. The Bertz CT molecular complexity index is 615. The monoisotopic (exact) mass is 304 g/mol. The van der Waals surface area contributed by atoms with Crippen molar-refractivity contribution in [2.45, 2.75) is 39.7 Å². The van der Waals surface area contributed by atoms with E-state index in [0.29, 0.717) is 24.8 Å². The Labute approximate surface area is 131 Å². The van der Waals surface area contributed by atoms with Crippen LogP contribution in [0.2, 0.25) is 0 Å². The van der Waals surface area contributed by atoms with E-state index in [1.807, 2.05) is 19.1 Å². The minimum Gasteiger partial charge on any atom is -0.494 e. The highest BCUT2D eigenvalue weighted by Gasteiger charge is 2.20. The van der Waals surface area contributed by atoms with Crippen LogP contribution in [0.25, 0.3) is 0 Å². The lowest BCUT2D eigenvalue weighted by atomic mass is 9.86. The van der Waals surface area contributed by atoms with E-state index in [2.05, 4.69) is 37.3 Å². The number of aromatic nitrogens is 1. The summed E-state index contributed by atoms with van der Waals surface area (Å²) >= 11 is 0. The number of hydrogen-bond acceptors (Lipinski definition) is 5. The quantitative estimate of drug-likeness (QED) is 0.874. The number of nitrogens with one attached hydrogen (secondary N) is 1. The number of para-hydroxylation sites is 1. The first-order valence-corrected chi connectivity index (χ1v) is 7.45. The van der Waals surface area contributed by atoms with Crippen LogP contribution in [0, 0.1) is 0 Å². The lowest BCUT2D eigenvalue weighted by Crippen LogP contribution is -2.14. The first kappa shape index (κ1) is 16.2. The highest BCUT2D eigenvalue weighted by Crippen LogP contribution is 2.37. The Balaban J connectivity index is 2.15. The van der Waals surface area contributed by atoms with Crippen molar-refractivity contribution in [1.82, 2.24) is 5.16 Å². The molecule has 0 aliphatic heterocycles. The minimum atomic E-state index is 0.0113. The zero-order chi connectivity index (χ0) is 16.2. The van der Waals surface area contributed by atoms with Gasteiger partial charge < -0.3 is 19.3 Å². The molecule has 0 unspecified atom stereocenters. The summed E-state index contributed by atoms with van der Waals surface area (Å²) in [5, 5.41) is 7.18. The molecule has 0 radical (unpaired) electrons. The maximum Gasteiger partial charge on any atom is 0.254 e. The fourth-order valence-corrected chi connectivity index (χ4v) is 2.26. The number of rotatable bonds is 6. The second-order valence-electron chi connectivity index (χ2n) is 6.05. The molecule has 0 fully saturated rings. The molecule has 120 valence electrons. The van der Waals surface area contributed by atoms with Crippen molar-refractivity contribution in [1.29, 1.82) is 0 Å². The van der Waals surface area contributed by atoms with Gasteiger partial charge in [-0.25, -0.2) is 0 Å². The van der Waals surface area contributed by atoms with E-state index in [1.165, 1.54) is 0 Å². The molecule has 1 N–H and O–H groups in total. The largest absolute Gasteiger partial charge is 0.494 e. The van der Waals surface area contributed by atoms with Gasteiger partial charge in [0.25, 0.3) is 5.88 Å². The van der Waals surface area contributed by atoms with Gasteiger partial charge in [0, 0.05) is 11.6 Å². The number of benzene rings is 1. The molecule has 0 saturated heterocycles. The van der Waals surface area contributed by atoms with E-state index in [0.717, 1.165) is 17.0 Å². The summed E-state index contributed by atoms with van der Waals surface area (Å²) in [6.07, 6.45) is 0. The molecule has 0 atom stereocenters. The molecule has 0 aliphatic carbocycles. The SMILES string of the molecule is CCOc1cc(CNc2cccc(C(C)(C)C)c2OC)on1. The molecule has 5 heteroatoms. The van der Waals surface area contributed by atoms with Gasteiger partial charge in [-0.15, -0.1) is 0 Å². The molecule has 2 rings (SSSR count). The van der Waals surface area contributed by atoms with Gasteiger partial charge in [-0.1, -0.05) is 32.9 Å². The van der Waals surface area contributed by atoms with Gasteiger partial charge in [0.05, 0.1) is 25.9 Å². The van der Waals surface area contributed by atoms with Crippen molar-refractivity contribution < 1.29 is 14.0 Å². The van der Waals surface area contributed by atoms with Gasteiger partial charge in [0.1, 0.15) is 5.75 Å². The van der Waals surface area contributed by atoms with Crippen molar-refractivity contribution in [3.05, 3.63) is 35.6 Å². The molecular weight excluding hydrogens is 280 g/mol. The fraction of sp³-hybridized carbons (Fsp3) is 0.471. The highest BCUT2D eigenvalue weighted by molar-refractivity contribution is 5.61. The summed E-state index contributed by atoms with van der Waals surface area (Å²) in [7, 11) is 1.69. The lowest BCUT2D eigenvalue weighted by molar-refractivity contribution is 0.290. The number of methoxy groups -OCH3 is 1. The van der Waals surface area contributed by atoms with Crippen LogP contribution >= 0.6 is 0 Å². The summed E-state index contributed by atoms with van der Waals surface area (Å²) in [6, 6.07) is 7.90. The predicted octanol–water partition coefficient (Wildman–Crippen LogP) is 3.99. The summed E-state index contributed by atoms with van der Waals surface area (Å²) in [6.45, 7) is 9.50. The van der Waals surface area contributed by atoms with Crippen molar-refractivity contribution in [2.24, 2.45) is 0 Å². The molecule has 0 bridgehead atoms. The first-order chi connectivity index (χ1) is 10.5. The lowest BCUT2D eigenvalue weighted by Gasteiger charge is -2.24. The third kappa shape index (κ3) is 3.72. The van der Waals surface area contributed by atoms with Crippen LogP contribution in [0.15, 0.2) is 28.8 Å². The Hall–Kier alpha value is -2.17. The second-order valence-corrected chi connectivity index (χ2v) is 6.05. The molecule has 1 heterocycles. The molecule has 1 aromatic heterocycles. The maximum absolute atomic E-state index is 5.60. The van der Waals surface area contributed by atoms with E-state index >= 15 is 0 Å². The van der Waals surface area contributed by atoms with Crippen molar-refractivity contribution >= 4 is 5.69 Å². The van der Waals surface area contributed by atoms with Crippen LogP contribution in [-0.2, 0) is 12.0 Å². The number of ether oxygens (including phenoxy) is 2. The van der Waals surface area contributed by atoms with Crippen LogP contribution in [0.5, 0.6) is 11.6 Å². The highest BCUT2D eigenvalue weighted by atomic mass is 16.5. The summed E-state index contributed by atoms with van der Waals surface area (Å²) in [5.74, 6) is 2.08. The van der Waals surface area contributed by atoms with Gasteiger partial charge in [-0.05, 0) is 23.6 Å². The summed E-state index contributed by atoms with van der Waals surface area (Å²) < 4.78 is 16.1. The van der Waals surface area contributed by atoms with Crippen LogP contribution in [0.1, 0.15) is 39.0 Å². The Morgan fingerprint density at radius 3 is 2.68 bits per heavy atom. The Kier molecular flexibility index (Phi) is 4.96. The van der Waals surface area contributed by atoms with E-state index in [-0.39, 0.29) is 5.41 Å². The first-order valence-electron chi connectivity index (χ1n) is 7.45. The molecule has 22 heavy (non-hydrogen) atoms. The van der Waals surface area contributed by atoms with Crippen molar-refractivity contribution in [3.8, 4) is 11.6 Å². The average molecular weight is 304 g/mol. The summed E-state index contributed by atoms with van der Waals surface area (Å²) in [5.41, 5.74) is 2.11. The number of nitrogens with zero attached hydrogens (tertiary/aromatic N) is 1. The van der Waals surface area contributed by atoms with Crippen molar-refractivity contribution in [2.75, 3.05) is 19.0 Å². The zero-order valence-corrected chi connectivity index (χ0v) is 13.9. The van der Waals surface area contributed by atoms with Gasteiger partial charge in [0.2, 0.25) is 0 Å². The molecular formula is C17H24N2O3. The van der Waals surface area contributed by atoms with Crippen molar-refractivity contribution in [3.63, 3.8) is 0 Å².